The van der Waals surface area contributed by atoms with Gasteiger partial charge in [0.15, 0.2) is 28.9 Å². The normalized spacial score (nSPS) is 22.9. The molecule has 15 heteroatoms. The summed E-state index contributed by atoms with van der Waals surface area (Å²) in [6, 6.07) is 5.02. The van der Waals surface area contributed by atoms with Crippen molar-refractivity contribution in [2.24, 2.45) is 0 Å². The zero-order chi connectivity index (χ0) is 32.0. The van der Waals surface area contributed by atoms with Crippen molar-refractivity contribution in [2.45, 2.75) is 94.4 Å². The third-order valence-electron chi connectivity index (χ3n) is 7.03. The minimum atomic E-state index is -1.16. The highest BCUT2D eigenvalue weighted by Crippen LogP contribution is 2.42. The van der Waals surface area contributed by atoms with Crippen LogP contribution in [-0.2, 0) is 51.0 Å². The average molecular weight is 635 g/mol. The second-order valence-corrected chi connectivity index (χ2v) is 11.6. The molecule has 44 heavy (non-hydrogen) atoms. The Kier molecular flexibility index (Phi) is 11.1. The number of esters is 3. The van der Waals surface area contributed by atoms with E-state index in [1.165, 1.54) is 39.5 Å². The van der Waals surface area contributed by atoms with Crippen molar-refractivity contribution >= 4 is 35.6 Å². The highest BCUT2D eigenvalue weighted by Gasteiger charge is 2.51. The molecule has 5 atom stereocenters. The molecule has 1 amide bonds. The molecule has 0 spiro atoms. The molecule has 1 saturated heterocycles. The Morgan fingerprint density at radius 3 is 2.20 bits per heavy atom. The van der Waals surface area contributed by atoms with E-state index in [2.05, 4.69) is 20.1 Å². The van der Waals surface area contributed by atoms with Gasteiger partial charge in [-0.25, -0.2) is 0 Å². The van der Waals surface area contributed by atoms with Crippen LogP contribution in [0.1, 0.15) is 58.0 Å². The van der Waals surface area contributed by atoms with Gasteiger partial charge in [0, 0.05) is 40.2 Å². The van der Waals surface area contributed by atoms with Crippen LogP contribution in [0.15, 0.2) is 23.4 Å². The lowest BCUT2D eigenvalue weighted by Crippen LogP contribution is -2.65. The number of carbonyl (C=O) groups excluding carboxylic acids is 4. The topological polar surface area (TPSA) is 166 Å². The zero-order valence-electron chi connectivity index (χ0n) is 25.6. The van der Waals surface area contributed by atoms with Crippen LogP contribution in [0.3, 0.4) is 0 Å². The molecule has 1 aliphatic heterocycles. The van der Waals surface area contributed by atoms with Crippen LogP contribution >= 0.6 is 11.8 Å². The molecular weight excluding hydrogens is 596 g/mol. The maximum Gasteiger partial charge on any atom is 0.303 e. The van der Waals surface area contributed by atoms with Gasteiger partial charge in [-0.2, -0.15) is 0 Å². The van der Waals surface area contributed by atoms with Gasteiger partial charge >= 0.3 is 17.9 Å². The number of nitrogens with one attached hydrogen (secondary N) is 1. The SMILES string of the molecule is COc1ccc(CCc2nnc(S[C@@H]3O[C@H](COC(C)=O)[C@@H](OC(C)=O)[C@H](OC(C)=O)[C@H]3NC(C)=O)n2C2CC2)cc1OC. The van der Waals surface area contributed by atoms with Crippen molar-refractivity contribution in [2.75, 3.05) is 20.8 Å². The molecule has 2 aliphatic rings. The summed E-state index contributed by atoms with van der Waals surface area (Å²) in [5.41, 5.74) is 0.161. The standard InChI is InChI=1S/C29H38N4O10S/c1-15(34)30-25-27(42-18(4)37)26(41-17(3)36)23(14-40-16(2)35)43-28(25)44-29-32-31-24(33(29)20-9-10-20)12-8-19-7-11-21(38-5)22(13-19)39-6/h7,11,13,20,23,25-28H,8-10,12,14H2,1-6H3,(H,30,34)/t23-,25-,26-,27-,28+/m1/s1. The van der Waals surface area contributed by atoms with E-state index < -0.39 is 53.6 Å². The van der Waals surface area contributed by atoms with E-state index in [0.717, 1.165) is 24.2 Å². The van der Waals surface area contributed by atoms with Crippen molar-refractivity contribution in [3.8, 4) is 11.5 Å². The fourth-order valence-corrected chi connectivity index (χ4v) is 6.28. The zero-order valence-corrected chi connectivity index (χ0v) is 26.4. The molecular formula is C29H38N4O10S. The van der Waals surface area contributed by atoms with E-state index in [9.17, 15) is 19.2 Å². The molecule has 0 unspecified atom stereocenters. The first kappa shape index (κ1) is 33.1. The highest BCUT2D eigenvalue weighted by atomic mass is 32.2. The summed E-state index contributed by atoms with van der Waals surface area (Å²) in [5.74, 6) is -0.238. The van der Waals surface area contributed by atoms with Crippen LogP contribution in [0.4, 0.5) is 0 Å². The monoisotopic (exact) mass is 634 g/mol. The number of hydrogen-bond acceptors (Lipinski definition) is 13. The lowest BCUT2D eigenvalue weighted by molar-refractivity contribution is -0.211. The number of nitrogens with zero attached hydrogens (tertiary/aromatic N) is 3. The van der Waals surface area contributed by atoms with Crippen molar-refractivity contribution in [1.29, 1.82) is 0 Å². The number of rotatable bonds is 13. The van der Waals surface area contributed by atoms with E-state index >= 15 is 0 Å². The van der Waals surface area contributed by atoms with Crippen LogP contribution in [0, 0.1) is 0 Å². The van der Waals surface area contributed by atoms with Crippen molar-refractivity contribution in [1.82, 2.24) is 20.1 Å². The molecule has 2 heterocycles. The molecule has 1 aromatic heterocycles. The Balaban J connectivity index is 1.63. The summed E-state index contributed by atoms with van der Waals surface area (Å²) in [7, 11) is 3.18. The van der Waals surface area contributed by atoms with E-state index in [0.29, 0.717) is 29.5 Å². The maximum atomic E-state index is 12.3. The minimum absolute atomic E-state index is 0.200. The Morgan fingerprint density at radius 2 is 1.61 bits per heavy atom. The highest BCUT2D eigenvalue weighted by molar-refractivity contribution is 7.99. The average Bonchev–Trinajstić information content (AvgIpc) is 3.73. The number of amides is 1. The molecule has 14 nitrogen and oxygen atoms in total. The molecule has 1 saturated carbocycles. The first-order valence-electron chi connectivity index (χ1n) is 14.2. The molecule has 0 bridgehead atoms. The lowest BCUT2D eigenvalue weighted by atomic mass is 9.97. The van der Waals surface area contributed by atoms with Crippen molar-refractivity contribution < 1.29 is 47.6 Å². The third-order valence-corrected chi connectivity index (χ3v) is 8.15. The number of carbonyl (C=O) groups is 4. The van der Waals surface area contributed by atoms with Gasteiger partial charge in [-0.1, -0.05) is 17.8 Å². The summed E-state index contributed by atoms with van der Waals surface area (Å²) in [5, 5.41) is 12.3. The molecule has 1 N–H and O–H groups in total. The Hall–Kier alpha value is -3.85. The van der Waals surface area contributed by atoms with Crippen LogP contribution in [0.25, 0.3) is 0 Å². The Bertz CT molecular complexity index is 1360. The van der Waals surface area contributed by atoms with Crippen LogP contribution in [0.2, 0.25) is 0 Å². The van der Waals surface area contributed by atoms with Gasteiger partial charge < -0.3 is 38.3 Å². The number of aromatic nitrogens is 3. The fraction of sp³-hybridized carbons (Fsp3) is 0.586. The van der Waals surface area contributed by atoms with Crippen LogP contribution in [-0.4, -0.2) is 89.2 Å². The number of hydrogen-bond donors (Lipinski definition) is 1. The lowest BCUT2D eigenvalue weighted by Gasteiger charge is -2.44. The minimum Gasteiger partial charge on any atom is -0.493 e. The Labute approximate surface area is 259 Å². The molecule has 240 valence electrons. The van der Waals surface area contributed by atoms with Gasteiger partial charge in [0.05, 0.1) is 14.2 Å². The van der Waals surface area contributed by atoms with Crippen molar-refractivity contribution in [3.63, 3.8) is 0 Å². The van der Waals surface area contributed by atoms with Gasteiger partial charge in [0.25, 0.3) is 0 Å². The van der Waals surface area contributed by atoms with Gasteiger partial charge in [-0.3, -0.25) is 19.2 Å². The predicted molar refractivity (Wildman–Crippen MR) is 155 cm³/mol. The summed E-state index contributed by atoms with van der Waals surface area (Å²) >= 11 is 1.20. The summed E-state index contributed by atoms with van der Waals surface area (Å²) in [6.45, 7) is 4.69. The molecule has 2 aromatic rings. The first-order valence-corrected chi connectivity index (χ1v) is 15.1. The Morgan fingerprint density at radius 1 is 0.932 bits per heavy atom. The van der Waals surface area contributed by atoms with Gasteiger partial charge in [0.2, 0.25) is 5.91 Å². The summed E-state index contributed by atoms with van der Waals surface area (Å²) in [6.07, 6.45) is -0.133. The molecule has 0 radical (unpaired) electrons. The van der Waals surface area contributed by atoms with Crippen molar-refractivity contribution in [3.05, 3.63) is 29.6 Å². The third kappa shape index (κ3) is 8.40. The second kappa shape index (κ2) is 14.8. The fourth-order valence-electron chi connectivity index (χ4n) is 5.05. The van der Waals surface area contributed by atoms with Crippen LogP contribution in [0.5, 0.6) is 11.5 Å². The van der Waals surface area contributed by atoms with E-state index in [-0.39, 0.29) is 12.6 Å². The second-order valence-electron chi connectivity index (χ2n) is 10.5. The number of aryl methyl sites for hydroxylation is 2. The smallest absolute Gasteiger partial charge is 0.303 e. The van der Waals surface area contributed by atoms with Crippen LogP contribution < -0.4 is 14.8 Å². The number of ether oxygens (including phenoxy) is 6. The summed E-state index contributed by atoms with van der Waals surface area (Å²) in [4.78, 5) is 48.2. The largest absolute Gasteiger partial charge is 0.493 e. The van der Waals surface area contributed by atoms with E-state index in [1.807, 2.05) is 18.2 Å². The molecule has 1 aromatic carbocycles. The quantitative estimate of drug-likeness (QED) is 0.252. The van der Waals surface area contributed by atoms with Gasteiger partial charge in [-0.05, 0) is 37.0 Å². The molecule has 2 fully saturated rings. The predicted octanol–water partition coefficient (Wildman–Crippen LogP) is 2.16. The van der Waals surface area contributed by atoms with Gasteiger partial charge in [-0.15, -0.1) is 10.2 Å². The number of methoxy groups -OCH3 is 2. The maximum absolute atomic E-state index is 12.3. The van der Waals surface area contributed by atoms with E-state index in [1.54, 1.807) is 14.2 Å². The number of thioether (sulfide) groups is 1. The van der Waals surface area contributed by atoms with Gasteiger partial charge in [0.1, 0.15) is 30.0 Å². The van der Waals surface area contributed by atoms with E-state index in [4.69, 9.17) is 28.4 Å². The summed E-state index contributed by atoms with van der Waals surface area (Å²) < 4.78 is 35.5. The molecule has 4 rings (SSSR count). The number of benzene rings is 1. The molecule has 1 aliphatic carbocycles. The first-order chi connectivity index (χ1) is 21.0.